The highest BCUT2D eigenvalue weighted by atomic mass is 32.1. The number of nitrogen functional groups attached to an aromatic ring is 1. The Balaban J connectivity index is 2.01. The van der Waals surface area contributed by atoms with Crippen LogP contribution in [0.1, 0.15) is 32.6 Å². The first-order valence-corrected chi connectivity index (χ1v) is 7.13. The number of hydrogen-bond donors (Lipinski definition) is 2. The van der Waals surface area contributed by atoms with Crippen LogP contribution in [0.3, 0.4) is 0 Å². The molecule has 0 fully saturated rings. The molecule has 0 aliphatic carbocycles. The van der Waals surface area contributed by atoms with Crippen molar-refractivity contribution < 1.29 is 4.79 Å². The second-order valence-electron chi connectivity index (χ2n) is 4.48. The number of anilines is 1. The number of hydrogen-bond acceptors (Lipinski definition) is 3. The van der Waals surface area contributed by atoms with Crippen molar-refractivity contribution in [1.82, 2.24) is 5.32 Å². The number of rotatable bonds is 4. The van der Waals surface area contributed by atoms with E-state index in [0.717, 1.165) is 12.0 Å². The van der Waals surface area contributed by atoms with Crippen LogP contribution in [0.15, 0.2) is 30.3 Å². The molecule has 1 amide bonds. The van der Waals surface area contributed by atoms with Crippen LogP contribution in [0, 0.1) is 6.92 Å². The maximum absolute atomic E-state index is 12.1. The molecule has 1 aromatic heterocycles. The monoisotopic (exact) mass is 274 g/mol. The van der Waals surface area contributed by atoms with Gasteiger partial charge >= 0.3 is 0 Å². The van der Waals surface area contributed by atoms with Gasteiger partial charge in [0.15, 0.2) is 0 Å². The number of thiophene rings is 1. The highest BCUT2D eigenvalue weighted by Gasteiger charge is 2.09. The van der Waals surface area contributed by atoms with E-state index >= 15 is 0 Å². The number of carbonyl (C=O) groups is 1. The Kier molecular flexibility index (Phi) is 4.22. The minimum absolute atomic E-state index is 0.0519. The van der Waals surface area contributed by atoms with Crippen molar-refractivity contribution in [2.24, 2.45) is 0 Å². The van der Waals surface area contributed by atoms with Gasteiger partial charge in [-0.1, -0.05) is 6.92 Å². The van der Waals surface area contributed by atoms with Gasteiger partial charge in [-0.3, -0.25) is 4.79 Å². The van der Waals surface area contributed by atoms with Crippen LogP contribution < -0.4 is 11.1 Å². The molecule has 3 nitrogen and oxygen atoms in total. The first-order valence-electron chi connectivity index (χ1n) is 6.32. The van der Waals surface area contributed by atoms with Crippen LogP contribution >= 0.6 is 11.3 Å². The summed E-state index contributed by atoms with van der Waals surface area (Å²) in [5.41, 5.74) is 7.94. The molecule has 2 aromatic rings. The Morgan fingerprint density at radius 1 is 1.26 bits per heavy atom. The molecule has 0 aliphatic rings. The molecule has 0 saturated heterocycles. The van der Waals surface area contributed by atoms with E-state index in [0.29, 0.717) is 17.8 Å². The number of nitrogens with one attached hydrogen (secondary N) is 1. The molecule has 0 atom stereocenters. The van der Waals surface area contributed by atoms with Gasteiger partial charge in [-0.2, -0.15) is 0 Å². The standard InChI is InChI=1S/C15H18N2OS/c1-3-12-5-6-13(19-12)9-17-15(18)14-7-4-11(16)8-10(14)2/h4-8H,3,9,16H2,1-2H3,(H,17,18). The third kappa shape index (κ3) is 3.35. The average molecular weight is 274 g/mol. The summed E-state index contributed by atoms with van der Waals surface area (Å²) >= 11 is 1.74. The summed E-state index contributed by atoms with van der Waals surface area (Å²) < 4.78 is 0. The SMILES string of the molecule is CCc1ccc(CNC(=O)c2ccc(N)cc2C)s1. The summed E-state index contributed by atoms with van der Waals surface area (Å²) in [4.78, 5) is 14.6. The predicted molar refractivity (Wildman–Crippen MR) is 80.5 cm³/mol. The zero-order valence-electron chi connectivity index (χ0n) is 11.2. The van der Waals surface area contributed by atoms with Crippen LogP contribution in [-0.2, 0) is 13.0 Å². The molecule has 0 unspecified atom stereocenters. The summed E-state index contributed by atoms with van der Waals surface area (Å²) in [5.74, 6) is -0.0519. The van der Waals surface area contributed by atoms with Gasteiger partial charge in [0.05, 0.1) is 6.54 Å². The molecule has 0 radical (unpaired) electrons. The van der Waals surface area contributed by atoms with E-state index in [-0.39, 0.29) is 5.91 Å². The smallest absolute Gasteiger partial charge is 0.251 e. The van der Waals surface area contributed by atoms with Crippen LogP contribution in [0.4, 0.5) is 5.69 Å². The van der Waals surface area contributed by atoms with Crippen molar-refractivity contribution in [3.8, 4) is 0 Å². The Morgan fingerprint density at radius 3 is 2.63 bits per heavy atom. The Morgan fingerprint density at radius 2 is 2.00 bits per heavy atom. The Hall–Kier alpha value is -1.81. The maximum atomic E-state index is 12.1. The molecule has 19 heavy (non-hydrogen) atoms. The van der Waals surface area contributed by atoms with Gasteiger partial charge in [0, 0.05) is 21.0 Å². The molecule has 4 heteroatoms. The minimum Gasteiger partial charge on any atom is -0.399 e. The Bertz CT molecular complexity index is 590. The summed E-state index contributed by atoms with van der Waals surface area (Å²) in [6.07, 6.45) is 1.04. The Labute approximate surface area is 117 Å². The molecule has 100 valence electrons. The maximum Gasteiger partial charge on any atom is 0.251 e. The van der Waals surface area contributed by atoms with E-state index in [1.165, 1.54) is 9.75 Å². The van der Waals surface area contributed by atoms with Crippen molar-refractivity contribution >= 4 is 22.9 Å². The zero-order valence-corrected chi connectivity index (χ0v) is 12.0. The molecule has 0 spiro atoms. The third-order valence-corrected chi connectivity index (χ3v) is 4.21. The molecular weight excluding hydrogens is 256 g/mol. The molecule has 3 N–H and O–H groups in total. The van der Waals surface area contributed by atoms with Gasteiger partial charge < -0.3 is 11.1 Å². The molecule has 1 heterocycles. The van der Waals surface area contributed by atoms with Gasteiger partial charge in [-0.25, -0.2) is 0 Å². The lowest BCUT2D eigenvalue weighted by Crippen LogP contribution is -2.23. The second-order valence-corrected chi connectivity index (χ2v) is 5.73. The fraction of sp³-hybridized carbons (Fsp3) is 0.267. The van der Waals surface area contributed by atoms with Gasteiger partial charge in [-0.15, -0.1) is 11.3 Å². The lowest BCUT2D eigenvalue weighted by Gasteiger charge is -2.07. The van der Waals surface area contributed by atoms with Crippen molar-refractivity contribution in [3.63, 3.8) is 0 Å². The molecule has 2 rings (SSSR count). The summed E-state index contributed by atoms with van der Waals surface area (Å²) in [6, 6.07) is 9.52. The van der Waals surface area contributed by atoms with E-state index in [4.69, 9.17) is 5.73 Å². The van der Waals surface area contributed by atoms with E-state index in [1.54, 1.807) is 23.5 Å². The largest absolute Gasteiger partial charge is 0.399 e. The van der Waals surface area contributed by atoms with Gasteiger partial charge in [0.25, 0.3) is 5.91 Å². The van der Waals surface area contributed by atoms with Crippen LogP contribution in [-0.4, -0.2) is 5.91 Å². The van der Waals surface area contributed by atoms with Gasteiger partial charge in [-0.05, 0) is 49.2 Å². The van der Waals surface area contributed by atoms with Crippen molar-refractivity contribution in [2.75, 3.05) is 5.73 Å². The summed E-state index contributed by atoms with van der Waals surface area (Å²) in [7, 11) is 0. The normalized spacial score (nSPS) is 10.4. The quantitative estimate of drug-likeness (QED) is 0.842. The number of nitrogens with two attached hydrogens (primary N) is 1. The van der Waals surface area contributed by atoms with Crippen molar-refractivity contribution in [2.45, 2.75) is 26.8 Å². The molecule has 1 aromatic carbocycles. The molecule has 0 bridgehead atoms. The van der Waals surface area contributed by atoms with Crippen LogP contribution in [0.5, 0.6) is 0 Å². The van der Waals surface area contributed by atoms with E-state index in [9.17, 15) is 4.79 Å². The fourth-order valence-electron chi connectivity index (χ4n) is 1.91. The first-order chi connectivity index (χ1) is 9.10. The molecule has 0 aliphatic heterocycles. The summed E-state index contributed by atoms with van der Waals surface area (Å²) in [5, 5.41) is 2.94. The number of aryl methyl sites for hydroxylation is 2. The first kappa shape index (κ1) is 13.6. The molecular formula is C15H18N2OS. The number of benzene rings is 1. The number of amides is 1. The summed E-state index contributed by atoms with van der Waals surface area (Å²) in [6.45, 7) is 4.60. The lowest BCUT2D eigenvalue weighted by molar-refractivity contribution is 0.0950. The third-order valence-electron chi connectivity index (χ3n) is 2.98. The second kappa shape index (κ2) is 5.89. The van der Waals surface area contributed by atoms with Crippen molar-refractivity contribution in [3.05, 3.63) is 51.2 Å². The average Bonchev–Trinajstić information content (AvgIpc) is 2.84. The lowest BCUT2D eigenvalue weighted by atomic mass is 10.1. The van der Waals surface area contributed by atoms with Gasteiger partial charge in [0.1, 0.15) is 0 Å². The molecule has 0 saturated carbocycles. The van der Waals surface area contributed by atoms with Crippen molar-refractivity contribution in [1.29, 1.82) is 0 Å². The zero-order chi connectivity index (χ0) is 13.8. The van der Waals surface area contributed by atoms with E-state index < -0.39 is 0 Å². The topological polar surface area (TPSA) is 55.1 Å². The fourth-order valence-corrected chi connectivity index (χ4v) is 2.81. The predicted octanol–water partition coefficient (Wildman–Crippen LogP) is 3.13. The number of carbonyl (C=O) groups excluding carboxylic acids is 1. The highest BCUT2D eigenvalue weighted by molar-refractivity contribution is 7.11. The minimum atomic E-state index is -0.0519. The highest BCUT2D eigenvalue weighted by Crippen LogP contribution is 2.17. The van der Waals surface area contributed by atoms with Crippen LogP contribution in [0.25, 0.3) is 0 Å². The van der Waals surface area contributed by atoms with Gasteiger partial charge in [0.2, 0.25) is 0 Å². The van der Waals surface area contributed by atoms with Crippen LogP contribution in [0.2, 0.25) is 0 Å². The van der Waals surface area contributed by atoms with E-state index in [2.05, 4.69) is 24.4 Å². The van der Waals surface area contributed by atoms with E-state index in [1.807, 2.05) is 13.0 Å².